The van der Waals surface area contributed by atoms with E-state index in [9.17, 15) is 4.79 Å². The van der Waals surface area contributed by atoms with E-state index < -0.39 is 0 Å². The second kappa shape index (κ2) is 7.46. The van der Waals surface area contributed by atoms with Crippen molar-refractivity contribution in [2.45, 2.75) is 20.0 Å². The summed E-state index contributed by atoms with van der Waals surface area (Å²) in [5.41, 5.74) is 5.16. The monoisotopic (exact) mass is 355 g/mol. The van der Waals surface area contributed by atoms with Crippen LogP contribution in [0.1, 0.15) is 27.3 Å². The average molecular weight is 355 g/mol. The second-order valence-corrected chi connectivity index (χ2v) is 6.58. The fraction of sp³-hybridized carbons (Fsp3) is 0.130. The number of aromatic nitrogens is 2. The summed E-state index contributed by atoms with van der Waals surface area (Å²) in [4.78, 5) is 17.2. The lowest BCUT2D eigenvalue weighted by Crippen LogP contribution is -2.24. The van der Waals surface area contributed by atoms with Crippen molar-refractivity contribution in [2.75, 3.05) is 0 Å². The Balaban J connectivity index is 1.64. The molecule has 0 fully saturated rings. The molecule has 0 atom stereocenters. The first-order valence-electron chi connectivity index (χ1n) is 9.04. The van der Waals surface area contributed by atoms with E-state index in [0.29, 0.717) is 12.1 Å². The van der Waals surface area contributed by atoms with Crippen LogP contribution in [0, 0.1) is 6.92 Å². The summed E-state index contributed by atoms with van der Waals surface area (Å²) in [7, 11) is 0. The molecule has 1 heterocycles. The Labute approximate surface area is 158 Å². The molecule has 0 spiro atoms. The summed E-state index contributed by atoms with van der Waals surface area (Å²) < 4.78 is 2.18. The van der Waals surface area contributed by atoms with Crippen LogP contribution in [-0.4, -0.2) is 15.5 Å². The highest BCUT2D eigenvalue weighted by Gasteiger charge is 2.13. The normalized spacial score (nSPS) is 10.9. The summed E-state index contributed by atoms with van der Waals surface area (Å²) in [6.07, 6.45) is 0. The maximum Gasteiger partial charge on any atom is 0.251 e. The number of imidazole rings is 1. The van der Waals surface area contributed by atoms with Gasteiger partial charge in [-0.25, -0.2) is 4.98 Å². The van der Waals surface area contributed by atoms with Crippen LogP contribution in [-0.2, 0) is 13.1 Å². The lowest BCUT2D eigenvalue weighted by Gasteiger charge is -2.12. The Kier molecular flexibility index (Phi) is 4.71. The maximum atomic E-state index is 12.4. The van der Waals surface area contributed by atoms with Crippen LogP contribution in [0.25, 0.3) is 11.0 Å². The van der Waals surface area contributed by atoms with Gasteiger partial charge in [-0.1, -0.05) is 54.6 Å². The number of fused-ring (bicyclic) bond motifs is 1. The summed E-state index contributed by atoms with van der Waals surface area (Å²) in [6.45, 7) is 3.23. The highest BCUT2D eigenvalue weighted by atomic mass is 16.1. The van der Waals surface area contributed by atoms with Gasteiger partial charge in [0.2, 0.25) is 0 Å². The number of hydrogen-bond donors (Lipinski definition) is 1. The number of aryl methyl sites for hydroxylation is 1. The summed E-state index contributed by atoms with van der Waals surface area (Å²) >= 11 is 0. The third-order valence-corrected chi connectivity index (χ3v) is 4.77. The number of carbonyl (C=O) groups is 1. The fourth-order valence-electron chi connectivity index (χ4n) is 3.25. The lowest BCUT2D eigenvalue weighted by molar-refractivity contribution is 0.0949. The molecule has 4 aromatic rings. The van der Waals surface area contributed by atoms with Gasteiger partial charge < -0.3 is 9.88 Å². The van der Waals surface area contributed by atoms with E-state index in [4.69, 9.17) is 4.98 Å². The van der Waals surface area contributed by atoms with E-state index in [1.165, 1.54) is 11.1 Å². The molecule has 0 bridgehead atoms. The van der Waals surface area contributed by atoms with Gasteiger partial charge in [0, 0.05) is 12.1 Å². The molecule has 3 aromatic carbocycles. The number of nitrogens with one attached hydrogen (secondary N) is 1. The van der Waals surface area contributed by atoms with Crippen LogP contribution in [0.15, 0.2) is 78.9 Å². The Morgan fingerprint density at radius 1 is 0.926 bits per heavy atom. The van der Waals surface area contributed by atoms with E-state index >= 15 is 0 Å². The minimum absolute atomic E-state index is 0.0925. The molecule has 0 unspecified atom stereocenters. The average Bonchev–Trinajstić information content (AvgIpc) is 3.06. The minimum Gasteiger partial charge on any atom is -0.345 e. The number of carbonyl (C=O) groups excluding carboxylic acids is 1. The van der Waals surface area contributed by atoms with Crippen LogP contribution < -0.4 is 5.32 Å². The number of para-hydroxylation sites is 2. The number of nitrogens with zero attached hydrogens (tertiary/aromatic N) is 2. The molecule has 0 aliphatic carbocycles. The Morgan fingerprint density at radius 2 is 1.63 bits per heavy atom. The zero-order chi connectivity index (χ0) is 18.6. The van der Waals surface area contributed by atoms with Gasteiger partial charge in [-0.3, -0.25) is 4.79 Å². The predicted molar refractivity (Wildman–Crippen MR) is 108 cm³/mol. The van der Waals surface area contributed by atoms with Crippen molar-refractivity contribution in [3.8, 4) is 0 Å². The number of rotatable bonds is 5. The number of benzene rings is 3. The van der Waals surface area contributed by atoms with Gasteiger partial charge >= 0.3 is 0 Å². The highest BCUT2D eigenvalue weighted by molar-refractivity contribution is 5.94. The quantitative estimate of drug-likeness (QED) is 0.579. The van der Waals surface area contributed by atoms with Gasteiger partial charge in [0.1, 0.15) is 5.82 Å². The zero-order valence-electron chi connectivity index (χ0n) is 15.2. The molecule has 134 valence electrons. The van der Waals surface area contributed by atoms with Gasteiger partial charge in [0.15, 0.2) is 0 Å². The third-order valence-electron chi connectivity index (χ3n) is 4.77. The van der Waals surface area contributed by atoms with Crippen molar-refractivity contribution in [3.05, 3.63) is 101 Å². The zero-order valence-corrected chi connectivity index (χ0v) is 15.2. The molecule has 27 heavy (non-hydrogen) atoms. The molecule has 0 saturated carbocycles. The van der Waals surface area contributed by atoms with Crippen molar-refractivity contribution < 1.29 is 4.79 Å². The SMILES string of the molecule is Cc1ccccc1Cn1c(CNC(=O)c2ccccc2)nc2ccccc21. The van der Waals surface area contributed by atoms with Crippen LogP contribution in [0.4, 0.5) is 0 Å². The van der Waals surface area contributed by atoms with Crippen molar-refractivity contribution >= 4 is 16.9 Å². The van der Waals surface area contributed by atoms with E-state index in [0.717, 1.165) is 23.4 Å². The topological polar surface area (TPSA) is 46.9 Å². The molecule has 0 saturated heterocycles. The third kappa shape index (κ3) is 3.60. The molecular formula is C23H21N3O. The molecule has 1 aromatic heterocycles. The molecule has 1 N–H and O–H groups in total. The second-order valence-electron chi connectivity index (χ2n) is 6.58. The van der Waals surface area contributed by atoms with Gasteiger partial charge in [-0.2, -0.15) is 0 Å². The lowest BCUT2D eigenvalue weighted by atomic mass is 10.1. The van der Waals surface area contributed by atoms with Gasteiger partial charge in [0.05, 0.1) is 17.6 Å². The first kappa shape index (κ1) is 17.0. The molecule has 0 aliphatic rings. The molecule has 0 aliphatic heterocycles. The highest BCUT2D eigenvalue weighted by Crippen LogP contribution is 2.19. The number of amides is 1. The van der Waals surface area contributed by atoms with E-state index in [-0.39, 0.29) is 5.91 Å². The Morgan fingerprint density at radius 3 is 2.44 bits per heavy atom. The molecule has 1 amide bonds. The minimum atomic E-state index is -0.0925. The van der Waals surface area contributed by atoms with Crippen LogP contribution in [0.2, 0.25) is 0 Å². The Bertz CT molecular complexity index is 1080. The fourth-order valence-corrected chi connectivity index (χ4v) is 3.25. The summed E-state index contributed by atoms with van der Waals surface area (Å²) in [6, 6.07) is 25.7. The molecule has 0 radical (unpaired) electrons. The van der Waals surface area contributed by atoms with Gasteiger partial charge in [-0.05, 0) is 42.3 Å². The van der Waals surface area contributed by atoms with E-state index in [2.05, 4.69) is 41.1 Å². The molecule has 4 heteroatoms. The van der Waals surface area contributed by atoms with Crippen LogP contribution >= 0.6 is 0 Å². The Hall–Kier alpha value is -3.40. The molecule has 4 nitrogen and oxygen atoms in total. The summed E-state index contributed by atoms with van der Waals surface area (Å²) in [5.74, 6) is 0.758. The van der Waals surface area contributed by atoms with E-state index in [1.807, 2.05) is 54.6 Å². The van der Waals surface area contributed by atoms with E-state index in [1.54, 1.807) is 0 Å². The molecular weight excluding hydrogens is 334 g/mol. The summed E-state index contributed by atoms with van der Waals surface area (Å²) in [5, 5.41) is 2.99. The van der Waals surface area contributed by atoms with Crippen LogP contribution in [0.5, 0.6) is 0 Å². The van der Waals surface area contributed by atoms with Crippen molar-refractivity contribution in [1.29, 1.82) is 0 Å². The maximum absolute atomic E-state index is 12.4. The number of hydrogen-bond acceptors (Lipinski definition) is 2. The standard InChI is InChI=1S/C23H21N3O/c1-17-9-5-6-12-19(17)16-26-21-14-8-7-13-20(21)25-22(26)15-24-23(27)18-10-3-2-4-11-18/h2-14H,15-16H2,1H3,(H,24,27). The molecule has 4 rings (SSSR count). The first-order chi connectivity index (χ1) is 13.2. The predicted octanol–water partition coefficient (Wildman–Crippen LogP) is 4.32. The largest absolute Gasteiger partial charge is 0.345 e. The van der Waals surface area contributed by atoms with Crippen LogP contribution in [0.3, 0.4) is 0 Å². The van der Waals surface area contributed by atoms with Crippen molar-refractivity contribution in [3.63, 3.8) is 0 Å². The van der Waals surface area contributed by atoms with Gasteiger partial charge in [0.25, 0.3) is 5.91 Å². The smallest absolute Gasteiger partial charge is 0.251 e. The van der Waals surface area contributed by atoms with Gasteiger partial charge in [-0.15, -0.1) is 0 Å². The van der Waals surface area contributed by atoms with Crippen molar-refractivity contribution in [1.82, 2.24) is 14.9 Å². The van der Waals surface area contributed by atoms with Crippen molar-refractivity contribution in [2.24, 2.45) is 0 Å². The first-order valence-corrected chi connectivity index (χ1v) is 9.04.